The van der Waals surface area contributed by atoms with Gasteiger partial charge in [-0.3, -0.25) is 9.59 Å². The minimum Gasteiger partial charge on any atom is -0.313 e. The van der Waals surface area contributed by atoms with Crippen molar-refractivity contribution < 1.29 is 9.59 Å². The van der Waals surface area contributed by atoms with E-state index in [1.54, 1.807) is 24.1 Å². The Morgan fingerprint density at radius 3 is 2.87 bits per heavy atom. The number of hydrogen-bond donors (Lipinski definition) is 0. The number of carbonyl (C=O) groups excluding carboxylic acids is 2. The number of aldehydes is 1. The summed E-state index contributed by atoms with van der Waals surface area (Å²) in [6, 6.07) is 5.41. The molecular formula is C11H11NO2S. The maximum absolute atomic E-state index is 11.7. The zero-order valence-corrected chi connectivity index (χ0v) is 9.38. The molecule has 1 aliphatic heterocycles. The average Bonchev–Trinajstić information content (AvgIpc) is 2.26. The van der Waals surface area contributed by atoms with Crippen LogP contribution in [-0.4, -0.2) is 24.5 Å². The first-order valence-corrected chi connectivity index (χ1v) is 5.55. The summed E-state index contributed by atoms with van der Waals surface area (Å²) in [4.78, 5) is 25.0. The molecule has 1 aromatic carbocycles. The van der Waals surface area contributed by atoms with E-state index in [1.807, 2.05) is 13.0 Å². The van der Waals surface area contributed by atoms with Gasteiger partial charge in [0, 0.05) is 17.5 Å². The highest BCUT2D eigenvalue weighted by Gasteiger charge is 2.27. The van der Waals surface area contributed by atoms with Crippen molar-refractivity contribution in [1.82, 2.24) is 0 Å². The van der Waals surface area contributed by atoms with Crippen molar-refractivity contribution in [3.63, 3.8) is 0 Å². The van der Waals surface area contributed by atoms with E-state index in [4.69, 9.17) is 0 Å². The summed E-state index contributed by atoms with van der Waals surface area (Å²) in [6.07, 6.45) is 0.793. The molecular weight excluding hydrogens is 210 g/mol. The van der Waals surface area contributed by atoms with Crippen LogP contribution in [0.4, 0.5) is 5.69 Å². The van der Waals surface area contributed by atoms with Gasteiger partial charge in [-0.15, -0.1) is 11.8 Å². The highest BCUT2D eigenvalue weighted by atomic mass is 32.2. The van der Waals surface area contributed by atoms with Gasteiger partial charge in [-0.05, 0) is 19.1 Å². The van der Waals surface area contributed by atoms with Crippen molar-refractivity contribution >= 4 is 29.6 Å². The van der Waals surface area contributed by atoms with Crippen molar-refractivity contribution in [3.8, 4) is 0 Å². The van der Waals surface area contributed by atoms with E-state index in [1.165, 1.54) is 11.8 Å². The number of hydrogen-bond acceptors (Lipinski definition) is 3. The molecule has 15 heavy (non-hydrogen) atoms. The third-order valence-corrected chi connectivity index (χ3v) is 3.62. The average molecular weight is 221 g/mol. The van der Waals surface area contributed by atoms with Gasteiger partial charge in [0.1, 0.15) is 6.29 Å². The van der Waals surface area contributed by atoms with E-state index in [-0.39, 0.29) is 11.2 Å². The second-order valence-electron chi connectivity index (χ2n) is 3.50. The van der Waals surface area contributed by atoms with Crippen molar-refractivity contribution in [1.29, 1.82) is 0 Å². The first kappa shape index (κ1) is 10.2. The van der Waals surface area contributed by atoms with Gasteiger partial charge in [-0.25, -0.2) is 0 Å². The number of thioether (sulfide) groups is 1. The number of carbonyl (C=O) groups is 2. The first-order chi connectivity index (χ1) is 7.13. The van der Waals surface area contributed by atoms with E-state index < -0.39 is 0 Å². The van der Waals surface area contributed by atoms with E-state index in [2.05, 4.69) is 0 Å². The highest BCUT2D eigenvalue weighted by Crippen LogP contribution is 2.38. The minimum atomic E-state index is -0.0513. The van der Waals surface area contributed by atoms with E-state index in [0.29, 0.717) is 5.56 Å². The smallest absolute Gasteiger partial charge is 0.239 e. The molecule has 2 rings (SSSR count). The Morgan fingerprint density at radius 2 is 2.20 bits per heavy atom. The number of anilines is 1. The summed E-state index contributed by atoms with van der Waals surface area (Å²) >= 11 is 1.54. The number of rotatable bonds is 1. The number of benzene rings is 1. The highest BCUT2D eigenvalue weighted by molar-refractivity contribution is 8.00. The lowest BCUT2D eigenvalue weighted by atomic mass is 10.2. The van der Waals surface area contributed by atoms with E-state index >= 15 is 0 Å². The summed E-state index contributed by atoms with van der Waals surface area (Å²) in [7, 11) is 1.74. The second kappa shape index (κ2) is 3.70. The Labute approximate surface area is 92.5 Å². The maximum Gasteiger partial charge on any atom is 0.239 e. The van der Waals surface area contributed by atoms with E-state index in [0.717, 1.165) is 16.9 Å². The van der Waals surface area contributed by atoms with Crippen LogP contribution in [0.1, 0.15) is 17.3 Å². The molecule has 1 aliphatic rings. The Morgan fingerprint density at radius 1 is 1.47 bits per heavy atom. The lowest BCUT2D eigenvalue weighted by molar-refractivity contribution is -0.117. The third kappa shape index (κ3) is 1.65. The third-order valence-electron chi connectivity index (χ3n) is 2.46. The van der Waals surface area contributed by atoms with Crippen molar-refractivity contribution in [2.45, 2.75) is 17.1 Å². The fraction of sp³-hybridized carbons (Fsp3) is 0.273. The van der Waals surface area contributed by atoms with Crippen LogP contribution < -0.4 is 4.90 Å². The zero-order valence-electron chi connectivity index (χ0n) is 8.56. The Balaban J connectivity index is 2.51. The minimum absolute atomic E-state index is 0.0513. The molecule has 0 radical (unpaired) electrons. The quantitative estimate of drug-likeness (QED) is 0.680. The molecule has 0 fully saturated rings. The number of fused-ring (bicyclic) bond motifs is 1. The maximum atomic E-state index is 11.7. The zero-order chi connectivity index (χ0) is 11.0. The summed E-state index contributed by atoms with van der Waals surface area (Å²) in [6.45, 7) is 1.89. The summed E-state index contributed by atoms with van der Waals surface area (Å²) in [5, 5.41) is -0.0513. The monoisotopic (exact) mass is 221 g/mol. The molecule has 0 bridgehead atoms. The van der Waals surface area contributed by atoms with Crippen molar-refractivity contribution in [2.24, 2.45) is 0 Å². The predicted molar refractivity (Wildman–Crippen MR) is 60.6 cm³/mol. The van der Waals surface area contributed by atoms with Crippen LogP contribution in [0.25, 0.3) is 0 Å². The molecule has 4 heteroatoms. The summed E-state index contributed by atoms with van der Waals surface area (Å²) in [5.74, 6) is 0.0792. The van der Waals surface area contributed by atoms with Crippen molar-refractivity contribution in [3.05, 3.63) is 23.8 Å². The van der Waals surface area contributed by atoms with Crippen LogP contribution in [0, 0.1) is 0 Å². The molecule has 0 saturated heterocycles. The lowest BCUT2D eigenvalue weighted by Gasteiger charge is -2.29. The fourth-order valence-electron chi connectivity index (χ4n) is 1.60. The molecule has 0 N–H and O–H groups in total. The Bertz CT molecular complexity index is 431. The fourth-order valence-corrected chi connectivity index (χ4v) is 2.70. The van der Waals surface area contributed by atoms with Crippen LogP contribution in [0.5, 0.6) is 0 Å². The van der Waals surface area contributed by atoms with Crippen LogP contribution >= 0.6 is 11.8 Å². The largest absolute Gasteiger partial charge is 0.313 e. The second-order valence-corrected chi connectivity index (χ2v) is 4.88. The van der Waals surface area contributed by atoms with Crippen LogP contribution in [0.15, 0.2) is 23.1 Å². The van der Waals surface area contributed by atoms with Gasteiger partial charge in [0.25, 0.3) is 0 Å². The molecule has 0 aromatic heterocycles. The molecule has 1 amide bonds. The van der Waals surface area contributed by atoms with Crippen LogP contribution in [-0.2, 0) is 4.79 Å². The SMILES string of the molecule is CC1Sc2ccc(C=O)cc2N(C)C1=O. The molecule has 0 aliphatic carbocycles. The molecule has 1 atom stereocenters. The normalized spacial score (nSPS) is 20.0. The molecule has 0 saturated carbocycles. The molecule has 3 nitrogen and oxygen atoms in total. The van der Waals surface area contributed by atoms with Crippen molar-refractivity contribution in [2.75, 3.05) is 11.9 Å². The summed E-state index contributed by atoms with van der Waals surface area (Å²) in [5.41, 5.74) is 1.43. The molecule has 1 heterocycles. The van der Waals surface area contributed by atoms with Gasteiger partial charge in [-0.1, -0.05) is 6.07 Å². The van der Waals surface area contributed by atoms with Gasteiger partial charge < -0.3 is 4.90 Å². The molecule has 0 spiro atoms. The first-order valence-electron chi connectivity index (χ1n) is 4.67. The number of nitrogens with zero attached hydrogens (tertiary/aromatic N) is 1. The van der Waals surface area contributed by atoms with Gasteiger partial charge in [-0.2, -0.15) is 0 Å². The Kier molecular flexibility index (Phi) is 2.52. The predicted octanol–water partition coefficient (Wildman–Crippen LogP) is 1.96. The van der Waals surface area contributed by atoms with Gasteiger partial charge >= 0.3 is 0 Å². The molecule has 78 valence electrons. The van der Waals surface area contributed by atoms with Gasteiger partial charge in [0.15, 0.2) is 0 Å². The van der Waals surface area contributed by atoms with E-state index in [9.17, 15) is 9.59 Å². The summed E-state index contributed by atoms with van der Waals surface area (Å²) < 4.78 is 0. The van der Waals surface area contributed by atoms with Gasteiger partial charge in [0.2, 0.25) is 5.91 Å². The van der Waals surface area contributed by atoms with Gasteiger partial charge in [0.05, 0.1) is 10.9 Å². The van der Waals surface area contributed by atoms with Crippen LogP contribution in [0.2, 0.25) is 0 Å². The van der Waals surface area contributed by atoms with Crippen LogP contribution in [0.3, 0.4) is 0 Å². The Hall–Kier alpha value is -1.29. The standard InChI is InChI=1S/C11H11NO2S/c1-7-11(14)12(2)9-5-8(6-13)3-4-10(9)15-7/h3-7H,1-2H3. The number of amides is 1. The molecule has 1 aromatic rings. The molecule has 1 unspecified atom stereocenters. The lowest BCUT2D eigenvalue weighted by Crippen LogP contribution is -2.36. The topological polar surface area (TPSA) is 37.4 Å².